The fourth-order valence-corrected chi connectivity index (χ4v) is 3.12. The Morgan fingerprint density at radius 2 is 2.10 bits per heavy atom. The molecular formula is C14H16ClFO4S. The molecule has 1 aromatic carbocycles. The molecule has 0 aromatic heterocycles. The molecule has 21 heavy (non-hydrogen) atoms. The maximum atomic E-state index is 13.5. The van der Waals surface area contributed by atoms with Gasteiger partial charge in [-0.2, -0.15) is 0 Å². The van der Waals surface area contributed by atoms with Gasteiger partial charge >= 0.3 is 11.9 Å². The van der Waals surface area contributed by atoms with Crippen molar-refractivity contribution in [2.45, 2.75) is 36.8 Å². The van der Waals surface area contributed by atoms with Crippen LogP contribution in [0, 0.1) is 5.82 Å². The highest BCUT2D eigenvalue weighted by atomic mass is 35.5. The molecular weight excluding hydrogens is 319 g/mol. The highest BCUT2D eigenvalue weighted by Gasteiger charge is 2.23. The Hall–Kier alpha value is -1.27. The van der Waals surface area contributed by atoms with Crippen molar-refractivity contribution in [3.05, 3.63) is 28.5 Å². The van der Waals surface area contributed by atoms with E-state index >= 15 is 0 Å². The number of esters is 1. The number of halogens is 2. The summed E-state index contributed by atoms with van der Waals surface area (Å²) in [5.74, 6) is -2.67. The minimum absolute atomic E-state index is 0.0768. The van der Waals surface area contributed by atoms with Crippen LogP contribution in [-0.4, -0.2) is 28.9 Å². The first-order valence-electron chi connectivity index (χ1n) is 6.46. The molecule has 4 nitrogen and oxygen atoms in total. The maximum absolute atomic E-state index is 13.5. The molecule has 0 aliphatic heterocycles. The molecule has 0 bridgehead atoms. The molecule has 1 atom stereocenters. The third kappa shape index (κ3) is 4.89. The van der Waals surface area contributed by atoms with Crippen LogP contribution in [0.25, 0.3) is 0 Å². The Morgan fingerprint density at radius 1 is 1.43 bits per heavy atom. The average Bonchev–Trinajstić information content (AvgIpc) is 2.40. The topological polar surface area (TPSA) is 63.6 Å². The van der Waals surface area contributed by atoms with Crippen molar-refractivity contribution in [1.29, 1.82) is 0 Å². The second kappa shape index (κ2) is 8.24. The lowest BCUT2D eigenvalue weighted by molar-refractivity contribution is -0.142. The summed E-state index contributed by atoms with van der Waals surface area (Å²) in [5.41, 5.74) is -0.471. The fraction of sp³-hybridized carbons (Fsp3) is 0.429. The molecule has 7 heteroatoms. The molecule has 0 spiro atoms. The van der Waals surface area contributed by atoms with Gasteiger partial charge in [-0.3, -0.25) is 4.79 Å². The lowest BCUT2D eigenvalue weighted by Crippen LogP contribution is -2.20. The molecule has 0 aliphatic rings. The van der Waals surface area contributed by atoms with Crippen molar-refractivity contribution in [3.8, 4) is 0 Å². The molecule has 1 rings (SSSR count). The van der Waals surface area contributed by atoms with Gasteiger partial charge in [0.1, 0.15) is 11.1 Å². The average molecular weight is 335 g/mol. The number of ether oxygens (including phenoxy) is 1. The van der Waals surface area contributed by atoms with Crippen molar-refractivity contribution in [2.24, 2.45) is 0 Å². The van der Waals surface area contributed by atoms with Crippen LogP contribution in [0.1, 0.15) is 37.0 Å². The zero-order valence-electron chi connectivity index (χ0n) is 11.7. The first-order chi connectivity index (χ1) is 9.90. The smallest absolute Gasteiger partial charge is 0.338 e. The van der Waals surface area contributed by atoms with Gasteiger partial charge in [0.2, 0.25) is 0 Å². The zero-order valence-corrected chi connectivity index (χ0v) is 13.3. The van der Waals surface area contributed by atoms with Crippen LogP contribution in [0.15, 0.2) is 17.0 Å². The third-order valence-electron chi connectivity index (χ3n) is 2.62. The second-order valence-corrected chi connectivity index (χ2v) is 5.87. The number of carbonyl (C=O) groups excluding carboxylic acids is 1. The minimum atomic E-state index is -1.38. The maximum Gasteiger partial charge on any atom is 0.338 e. The molecule has 1 N–H and O–H groups in total. The Labute approximate surface area is 131 Å². The summed E-state index contributed by atoms with van der Waals surface area (Å²) in [4.78, 5) is 23.2. The van der Waals surface area contributed by atoms with Gasteiger partial charge in [0.15, 0.2) is 0 Å². The van der Waals surface area contributed by atoms with Gasteiger partial charge in [0, 0.05) is 4.90 Å². The lowest BCUT2D eigenvalue weighted by atomic mass is 10.2. The quantitative estimate of drug-likeness (QED) is 0.603. The molecule has 1 unspecified atom stereocenters. The Kier molecular flexibility index (Phi) is 6.98. The van der Waals surface area contributed by atoms with Gasteiger partial charge < -0.3 is 9.84 Å². The van der Waals surface area contributed by atoms with Crippen LogP contribution in [0.4, 0.5) is 4.39 Å². The summed E-state index contributed by atoms with van der Waals surface area (Å²) in [7, 11) is 0. The summed E-state index contributed by atoms with van der Waals surface area (Å²) in [6.45, 7) is 3.89. The molecule has 0 radical (unpaired) electrons. The number of benzene rings is 1. The largest absolute Gasteiger partial charge is 0.478 e. The van der Waals surface area contributed by atoms with E-state index in [2.05, 4.69) is 0 Å². The van der Waals surface area contributed by atoms with Gasteiger partial charge in [-0.05, 0) is 25.5 Å². The number of hydrogen-bond donors (Lipinski definition) is 1. The lowest BCUT2D eigenvalue weighted by Gasteiger charge is -2.15. The number of rotatable bonds is 7. The number of carbonyl (C=O) groups is 2. The monoisotopic (exact) mass is 334 g/mol. The van der Waals surface area contributed by atoms with Crippen molar-refractivity contribution < 1.29 is 23.8 Å². The minimum Gasteiger partial charge on any atom is -0.478 e. The normalized spacial score (nSPS) is 12.0. The summed E-state index contributed by atoms with van der Waals surface area (Å²) in [5, 5.41) is 8.50. The van der Waals surface area contributed by atoms with E-state index in [1.54, 1.807) is 6.92 Å². The van der Waals surface area contributed by atoms with Crippen LogP contribution < -0.4 is 0 Å². The molecule has 116 valence electrons. The predicted octanol–water partition coefficient (Wildman–Crippen LogP) is 4.00. The first kappa shape index (κ1) is 17.8. The highest BCUT2D eigenvalue weighted by Crippen LogP contribution is 2.34. The van der Waals surface area contributed by atoms with Crippen LogP contribution >= 0.6 is 23.4 Å². The number of aromatic carboxylic acids is 1. The Balaban J connectivity index is 3.05. The van der Waals surface area contributed by atoms with E-state index < -0.39 is 22.6 Å². The SMILES string of the molecule is CCCC(Sc1cc(C(=O)O)c(F)cc1Cl)C(=O)OCC. The van der Waals surface area contributed by atoms with E-state index in [9.17, 15) is 14.0 Å². The highest BCUT2D eigenvalue weighted by molar-refractivity contribution is 8.00. The van der Waals surface area contributed by atoms with Crippen molar-refractivity contribution >= 4 is 35.3 Å². The molecule has 0 heterocycles. The molecule has 0 saturated carbocycles. The van der Waals surface area contributed by atoms with Gasteiger partial charge in [0.05, 0.1) is 17.2 Å². The number of carboxylic acids is 1. The van der Waals surface area contributed by atoms with Gasteiger partial charge in [-0.25, -0.2) is 9.18 Å². The van der Waals surface area contributed by atoms with Crippen molar-refractivity contribution in [1.82, 2.24) is 0 Å². The van der Waals surface area contributed by atoms with Gasteiger partial charge in [-0.1, -0.05) is 24.9 Å². The second-order valence-electron chi connectivity index (χ2n) is 4.21. The first-order valence-corrected chi connectivity index (χ1v) is 7.72. The summed E-state index contributed by atoms with van der Waals surface area (Å²) >= 11 is 7.02. The van der Waals surface area contributed by atoms with Crippen molar-refractivity contribution in [3.63, 3.8) is 0 Å². The molecule has 0 aliphatic carbocycles. The zero-order chi connectivity index (χ0) is 16.0. The molecule has 0 saturated heterocycles. The number of carboxylic acid groups (broad SMARTS) is 1. The molecule has 0 fully saturated rings. The molecule has 0 amide bonds. The van der Waals surface area contributed by atoms with Crippen LogP contribution in [0.2, 0.25) is 5.02 Å². The predicted molar refractivity (Wildman–Crippen MR) is 79.6 cm³/mol. The third-order valence-corrected chi connectivity index (χ3v) is 4.35. The van der Waals surface area contributed by atoms with Crippen LogP contribution in [0.3, 0.4) is 0 Å². The van der Waals surface area contributed by atoms with Crippen molar-refractivity contribution in [2.75, 3.05) is 6.61 Å². The van der Waals surface area contributed by atoms with E-state index in [1.807, 2.05) is 6.92 Å². The van der Waals surface area contributed by atoms with E-state index in [-0.39, 0.29) is 17.6 Å². The van der Waals surface area contributed by atoms with Crippen LogP contribution in [-0.2, 0) is 9.53 Å². The summed E-state index contributed by atoms with van der Waals surface area (Å²) < 4.78 is 18.5. The van der Waals surface area contributed by atoms with E-state index in [0.29, 0.717) is 11.3 Å². The van der Waals surface area contributed by atoms with E-state index in [0.717, 1.165) is 30.3 Å². The Bertz CT molecular complexity index is 536. The van der Waals surface area contributed by atoms with E-state index in [4.69, 9.17) is 21.4 Å². The summed E-state index contributed by atoms with van der Waals surface area (Å²) in [6, 6.07) is 2.09. The van der Waals surface area contributed by atoms with Gasteiger partial charge in [-0.15, -0.1) is 11.8 Å². The molecule has 1 aromatic rings. The Morgan fingerprint density at radius 3 is 2.62 bits per heavy atom. The fourth-order valence-electron chi connectivity index (χ4n) is 1.66. The summed E-state index contributed by atoms with van der Waals surface area (Å²) in [6.07, 6.45) is 1.31. The van der Waals surface area contributed by atoms with Crippen LogP contribution in [0.5, 0.6) is 0 Å². The van der Waals surface area contributed by atoms with Gasteiger partial charge in [0.25, 0.3) is 0 Å². The number of hydrogen-bond acceptors (Lipinski definition) is 4. The number of thioether (sulfide) groups is 1. The standard InChI is InChI=1S/C14H16ClFO4S/c1-3-5-11(14(19)20-4-2)21-12-6-8(13(17)18)10(16)7-9(12)15/h6-7,11H,3-5H2,1-2H3,(H,17,18). The van der Waals surface area contributed by atoms with E-state index in [1.165, 1.54) is 0 Å².